The third kappa shape index (κ3) is 16.8. The number of ether oxygens (including phenoxy) is 4. The van der Waals surface area contributed by atoms with E-state index in [0.717, 1.165) is 0 Å². The molecule has 0 spiro atoms. The molecule has 0 radical (unpaired) electrons. The number of ketones is 1. The van der Waals surface area contributed by atoms with E-state index in [-0.39, 0.29) is 16.5 Å². The molecule has 7 nitrogen and oxygen atoms in total. The zero-order valence-electron chi connectivity index (χ0n) is 14.1. The Morgan fingerprint density at radius 2 is 1.33 bits per heavy atom. The highest BCUT2D eigenvalue weighted by molar-refractivity contribution is 9.12. The Hall–Kier alpha value is -0.0600. The van der Waals surface area contributed by atoms with Gasteiger partial charge in [-0.25, -0.2) is 0 Å². The lowest BCUT2D eigenvalue weighted by molar-refractivity contribution is -0.120. The van der Waals surface area contributed by atoms with Gasteiger partial charge >= 0.3 is 0 Å². The summed E-state index contributed by atoms with van der Waals surface area (Å²) in [7, 11) is 0. The monoisotopic (exact) mass is 475 g/mol. The summed E-state index contributed by atoms with van der Waals surface area (Å²) >= 11 is 6.46. The molecule has 9 heteroatoms. The molecule has 1 unspecified atom stereocenters. The van der Waals surface area contributed by atoms with E-state index in [2.05, 4.69) is 37.2 Å². The van der Waals surface area contributed by atoms with Gasteiger partial charge in [-0.05, 0) is 6.92 Å². The molecule has 0 bridgehead atoms. The van der Waals surface area contributed by atoms with E-state index in [1.807, 2.05) is 0 Å². The van der Waals surface area contributed by atoms with E-state index in [4.69, 9.17) is 18.9 Å². The number of amides is 1. The normalized spacial score (nSPS) is 12.1. The van der Waals surface area contributed by atoms with Crippen molar-refractivity contribution < 1.29 is 28.5 Å². The van der Waals surface area contributed by atoms with Crippen LogP contribution in [-0.2, 0) is 28.5 Å². The predicted molar refractivity (Wildman–Crippen MR) is 98.1 cm³/mol. The fourth-order valence-electron chi connectivity index (χ4n) is 1.40. The number of Topliss-reactive ketones (excluding diaryl/α,β-unsaturated/α-hetero) is 1. The summed E-state index contributed by atoms with van der Waals surface area (Å²) in [5.41, 5.74) is 0. The van der Waals surface area contributed by atoms with Crippen LogP contribution in [0.3, 0.4) is 0 Å². The van der Waals surface area contributed by atoms with Crippen LogP contribution in [0.5, 0.6) is 0 Å². The van der Waals surface area contributed by atoms with Crippen LogP contribution in [0, 0.1) is 0 Å². The molecular weight excluding hydrogens is 450 g/mol. The molecule has 0 aliphatic rings. The van der Waals surface area contributed by atoms with Crippen molar-refractivity contribution >= 4 is 43.6 Å². The number of hydrogen-bond acceptors (Lipinski definition) is 6. The van der Waals surface area contributed by atoms with E-state index < -0.39 is 0 Å². The second kappa shape index (κ2) is 17.8. The minimum Gasteiger partial charge on any atom is -0.379 e. The van der Waals surface area contributed by atoms with E-state index in [9.17, 15) is 9.59 Å². The molecule has 0 aliphatic heterocycles. The summed E-state index contributed by atoms with van der Waals surface area (Å²) in [6.07, 6.45) is 0.444. The smallest absolute Gasteiger partial charge is 0.234 e. The van der Waals surface area contributed by atoms with Crippen LogP contribution >= 0.6 is 31.9 Å². The third-order valence-electron chi connectivity index (χ3n) is 2.68. The Kier molecular flexibility index (Phi) is 17.7. The van der Waals surface area contributed by atoms with Gasteiger partial charge in [-0.1, -0.05) is 31.9 Å². The van der Waals surface area contributed by atoms with Crippen LogP contribution in [0.1, 0.15) is 13.3 Å². The van der Waals surface area contributed by atoms with Crippen LogP contribution in [0.4, 0.5) is 0 Å². The average molecular weight is 477 g/mol. The fourth-order valence-corrected chi connectivity index (χ4v) is 1.86. The van der Waals surface area contributed by atoms with Gasteiger partial charge in [0.25, 0.3) is 0 Å². The standard InChI is InChI=1S/C15H27Br2NO6/c1-13(19)2-4-21-6-8-23-10-11-24-9-7-22-5-3-18-15(20)14(17)12-16/h14H,2-12H2,1H3,(H,18,20). The number of carbonyl (C=O) groups is 2. The number of halogens is 2. The number of rotatable bonds is 17. The second-order valence-corrected chi connectivity index (χ2v) is 6.57. The van der Waals surface area contributed by atoms with Crippen molar-refractivity contribution in [3.8, 4) is 0 Å². The Balaban J connectivity index is 3.13. The van der Waals surface area contributed by atoms with Crippen molar-refractivity contribution in [1.82, 2.24) is 5.32 Å². The van der Waals surface area contributed by atoms with Crippen LogP contribution in [0.25, 0.3) is 0 Å². The van der Waals surface area contributed by atoms with Gasteiger partial charge in [0.2, 0.25) is 5.91 Å². The van der Waals surface area contributed by atoms with Crippen LogP contribution in [-0.4, -0.2) is 81.2 Å². The van der Waals surface area contributed by atoms with Crippen molar-refractivity contribution in [1.29, 1.82) is 0 Å². The lowest BCUT2D eigenvalue weighted by atomic mass is 10.3. The minimum absolute atomic E-state index is 0.0610. The van der Waals surface area contributed by atoms with E-state index in [0.29, 0.717) is 71.2 Å². The Bertz CT molecular complexity index is 333. The second-order valence-electron chi connectivity index (χ2n) is 4.81. The first-order chi connectivity index (χ1) is 11.6. The fraction of sp³-hybridized carbons (Fsp3) is 0.867. The minimum atomic E-state index is -0.222. The van der Waals surface area contributed by atoms with Crippen LogP contribution in [0.2, 0.25) is 0 Å². The first-order valence-corrected chi connectivity index (χ1v) is 9.89. The molecule has 0 saturated carbocycles. The Morgan fingerprint density at radius 1 is 0.875 bits per heavy atom. The molecule has 0 aliphatic carbocycles. The zero-order chi connectivity index (χ0) is 18.0. The quantitative estimate of drug-likeness (QED) is 0.252. The molecule has 0 saturated heterocycles. The summed E-state index contributed by atoms with van der Waals surface area (Å²) in [6, 6.07) is 0. The number of carbonyl (C=O) groups excluding carboxylic acids is 2. The number of alkyl halides is 2. The van der Waals surface area contributed by atoms with Gasteiger partial charge in [-0.2, -0.15) is 0 Å². The molecule has 24 heavy (non-hydrogen) atoms. The summed E-state index contributed by atoms with van der Waals surface area (Å²) in [5.74, 6) is 0.0642. The first kappa shape index (κ1) is 23.9. The van der Waals surface area contributed by atoms with Crippen molar-refractivity contribution in [2.75, 3.05) is 64.7 Å². The summed E-state index contributed by atoms with van der Waals surface area (Å²) in [6.45, 7) is 5.81. The molecule has 0 aromatic rings. The predicted octanol–water partition coefficient (Wildman–Crippen LogP) is 1.31. The maximum atomic E-state index is 11.4. The Morgan fingerprint density at radius 3 is 1.79 bits per heavy atom. The maximum Gasteiger partial charge on any atom is 0.234 e. The number of nitrogens with one attached hydrogen (secondary N) is 1. The van der Waals surface area contributed by atoms with Gasteiger partial charge in [-0.3, -0.25) is 9.59 Å². The molecule has 0 aromatic heterocycles. The van der Waals surface area contributed by atoms with Crippen molar-refractivity contribution in [2.45, 2.75) is 18.2 Å². The van der Waals surface area contributed by atoms with Gasteiger partial charge in [-0.15, -0.1) is 0 Å². The summed E-state index contributed by atoms with van der Waals surface area (Å²) < 4.78 is 21.2. The number of hydrogen-bond donors (Lipinski definition) is 1. The maximum absolute atomic E-state index is 11.4. The highest BCUT2D eigenvalue weighted by Gasteiger charge is 2.11. The van der Waals surface area contributed by atoms with Crippen molar-refractivity contribution in [2.24, 2.45) is 0 Å². The molecule has 142 valence electrons. The SMILES string of the molecule is CC(=O)CCOCCOCCOCCOCCNC(=O)C(Br)CBr. The third-order valence-corrected chi connectivity index (χ3v) is 4.94. The zero-order valence-corrected chi connectivity index (χ0v) is 17.2. The van der Waals surface area contributed by atoms with E-state index in [1.54, 1.807) is 6.92 Å². The van der Waals surface area contributed by atoms with Gasteiger partial charge in [0.15, 0.2) is 0 Å². The molecule has 1 N–H and O–H groups in total. The van der Waals surface area contributed by atoms with E-state index >= 15 is 0 Å². The van der Waals surface area contributed by atoms with Crippen molar-refractivity contribution in [3.63, 3.8) is 0 Å². The topological polar surface area (TPSA) is 83.1 Å². The molecule has 1 atom stereocenters. The molecule has 0 heterocycles. The first-order valence-electron chi connectivity index (χ1n) is 7.86. The van der Waals surface area contributed by atoms with Crippen molar-refractivity contribution in [3.05, 3.63) is 0 Å². The molecule has 0 rings (SSSR count). The molecule has 0 fully saturated rings. The van der Waals surface area contributed by atoms with Gasteiger partial charge in [0, 0.05) is 18.3 Å². The average Bonchev–Trinajstić information content (AvgIpc) is 2.57. The molecule has 1 amide bonds. The van der Waals surface area contributed by atoms with Gasteiger partial charge in [0.1, 0.15) is 10.6 Å². The van der Waals surface area contributed by atoms with Gasteiger partial charge in [0.05, 0.1) is 52.9 Å². The Labute approximate surface area is 160 Å². The highest BCUT2D eigenvalue weighted by Crippen LogP contribution is 2.02. The lowest BCUT2D eigenvalue weighted by Gasteiger charge is -2.09. The molecular formula is C15H27Br2NO6. The summed E-state index contributed by atoms with van der Waals surface area (Å²) in [4.78, 5) is 21.9. The summed E-state index contributed by atoms with van der Waals surface area (Å²) in [5, 5.41) is 3.32. The highest BCUT2D eigenvalue weighted by atomic mass is 79.9. The lowest BCUT2D eigenvalue weighted by Crippen LogP contribution is -2.34. The largest absolute Gasteiger partial charge is 0.379 e. The van der Waals surface area contributed by atoms with E-state index in [1.165, 1.54) is 0 Å². The van der Waals surface area contributed by atoms with Crippen LogP contribution < -0.4 is 5.32 Å². The van der Waals surface area contributed by atoms with Gasteiger partial charge < -0.3 is 24.3 Å². The van der Waals surface area contributed by atoms with Crippen LogP contribution in [0.15, 0.2) is 0 Å². The molecule has 0 aromatic carbocycles.